The fraction of sp³-hybridized carbons (Fsp3) is 0.850. The lowest BCUT2D eigenvalue weighted by Gasteiger charge is -2.32. The SMILES string of the molecule is C=CC(=O)OC(CCCCCCCCCCCCCCCC)(CCCCCCCCCCCCCCCCC)OC(=O)C=C. The van der Waals surface area contributed by atoms with Crippen LogP contribution < -0.4 is 0 Å². The number of carbonyl (C=O) groups is 2. The second kappa shape index (κ2) is 32.8. The van der Waals surface area contributed by atoms with E-state index in [0.717, 1.165) is 50.7 Å². The van der Waals surface area contributed by atoms with Crippen LogP contribution in [-0.2, 0) is 19.1 Å². The Kier molecular flexibility index (Phi) is 31.6. The molecule has 0 unspecified atom stereocenters. The van der Waals surface area contributed by atoms with Gasteiger partial charge < -0.3 is 9.47 Å². The van der Waals surface area contributed by atoms with Crippen LogP contribution in [0.4, 0.5) is 0 Å². The van der Waals surface area contributed by atoms with Crippen molar-refractivity contribution in [2.45, 2.75) is 219 Å². The van der Waals surface area contributed by atoms with Crippen molar-refractivity contribution in [2.24, 2.45) is 0 Å². The number of esters is 2. The van der Waals surface area contributed by atoms with Gasteiger partial charge in [0.15, 0.2) is 0 Å². The summed E-state index contributed by atoms with van der Waals surface area (Å²) in [5.41, 5.74) is 0. The second-order valence-corrected chi connectivity index (χ2v) is 13.2. The van der Waals surface area contributed by atoms with E-state index in [1.807, 2.05) is 0 Å². The maximum atomic E-state index is 12.2. The van der Waals surface area contributed by atoms with Crippen LogP contribution >= 0.6 is 0 Å². The summed E-state index contributed by atoms with van der Waals surface area (Å²) in [6.45, 7) is 11.7. The summed E-state index contributed by atoms with van der Waals surface area (Å²) in [4.78, 5) is 24.5. The molecule has 0 aliphatic carbocycles. The molecule has 0 aliphatic heterocycles. The van der Waals surface area contributed by atoms with Crippen molar-refractivity contribution in [2.75, 3.05) is 0 Å². The van der Waals surface area contributed by atoms with Crippen LogP contribution in [0, 0.1) is 0 Å². The molecule has 0 aliphatic rings. The molecule has 0 aromatic heterocycles. The summed E-state index contributed by atoms with van der Waals surface area (Å²) in [6, 6.07) is 0. The Morgan fingerprint density at radius 3 is 0.818 bits per heavy atom. The average molecular weight is 619 g/mol. The average Bonchev–Trinajstić information content (AvgIpc) is 3.02. The van der Waals surface area contributed by atoms with Crippen molar-refractivity contribution in [3.05, 3.63) is 25.3 Å². The molecule has 44 heavy (non-hydrogen) atoms. The van der Waals surface area contributed by atoms with E-state index in [9.17, 15) is 9.59 Å². The quantitative estimate of drug-likeness (QED) is 0.0307. The van der Waals surface area contributed by atoms with E-state index < -0.39 is 17.7 Å². The molecule has 0 spiro atoms. The van der Waals surface area contributed by atoms with Crippen molar-refractivity contribution in [1.82, 2.24) is 0 Å². The molecule has 0 aromatic rings. The van der Waals surface area contributed by atoms with E-state index >= 15 is 0 Å². The molecular weight excluding hydrogens is 544 g/mol. The lowest BCUT2D eigenvalue weighted by Crippen LogP contribution is -2.39. The van der Waals surface area contributed by atoms with Gasteiger partial charge in [-0.2, -0.15) is 0 Å². The first-order valence-electron chi connectivity index (χ1n) is 19.2. The van der Waals surface area contributed by atoms with Crippen LogP contribution in [0.3, 0.4) is 0 Å². The molecule has 0 aromatic carbocycles. The molecule has 0 rings (SSSR count). The van der Waals surface area contributed by atoms with Gasteiger partial charge in [-0.25, -0.2) is 9.59 Å². The topological polar surface area (TPSA) is 52.6 Å². The van der Waals surface area contributed by atoms with E-state index in [0.29, 0.717) is 12.8 Å². The number of hydrogen-bond acceptors (Lipinski definition) is 4. The summed E-state index contributed by atoms with van der Waals surface area (Å²) in [7, 11) is 0. The normalized spacial score (nSPS) is 11.4. The fourth-order valence-corrected chi connectivity index (χ4v) is 6.15. The van der Waals surface area contributed by atoms with Crippen LogP contribution in [0.5, 0.6) is 0 Å². The molecule has 0 atom stereocenters. The zero-order valence-electron chi connectivity index (χ0n) is 29.6. The Morgan fingerprint density at radius 2 is 0.614 bits per heavy atom. The van der Waals surface area contributed by atoms with E-state index in [1.54, 1.807) is 0 Å². The smallest absolute Gasteiger partial charge is 0.333 e. The molecule has 0 saturated carbocycles. The fourth-order valence-electron chi connectivity index (χ4n) is 6.15. The highest BCUT2D eigenvalue weighted by molar-refractivity contribution is 5.83. The van der Waals surface area contributed by atoms with Crippen LogP contribution in [0.1, 0.15) is 213 Å². The summed E-state index contributed by atoms with van der Waals surface area (Å²) in [5.74, 6) is -2.29. The van der Waals surface area contributed by atoms with Crippen LogP contribution in [0.25, 0.3) is 0 Å². The predicted octanol–water partition coefficient (Wildman–Crippen LogP) is 13.3. The van der Waals surface area contributed by atoms with Gasteiger partial charge in [0, 0.05) is 25.0 Å². The van der Waals surface area contributed by atoms with Gasteiger partial charge in [0.25, 0.3) is 5.79 Å². The highest BCUT2D eigenvalue weighted by Gasteiger charge is 2.36. The Hall–Kier alpha value is -1.58. The van der Waals surface area contributed by atoms with E-state index in [-0.39, 0.29) is 0 Å². The Balaban J connectivity index is 4.25. The molecule has 0 bridgehead atoms. The van der Waals surface area contributed by atoms with Crippen molar-refractivity contribution in [3.8, 4) is 0 Å². The minimum Gasteiger partial charge on any atom is -0.419 e. The van der Waals surface area contributed by atoms with Crippen LogP contribution in [-0.4, -0.2) is 17.7 Å². The van der Waals surface area contributed by atoms with Gasteiger partial charge in [0.05, 0.1) is 0 Å². The standard InChI is InChI=1S/C40H74O4/c1-5-9-11-13-15-17-19-21-23-25-27-29-31-33-35-37-40(43-38(41)7-3,44-39(42)8-4)36-34-32-30-28-26-24-22-20-18-16-14-12-10-6-2/h7-8H,3-6,9-37H2,1-2H3. The van der Waals surface area contributed by atoms with Crippen LogP contribution in [0.15, 0.2) is 25.3 Å². The van der Waals surface area contributed by atoms with E-state index in [2.05, 4.69) is 27.0 Å². The van der Waals surface area contributed by atoms with Gasteiger partial charge in [-0.15, -0.1) is 0 Å². The summed E-state index contributed by atoms with van der Waals surface area (Å²) in [5, 5.41) is 0. The Labute approximate surface area is 274 Å². The van der Waals surface area contributed by atoms with Crippen molar-refractivity contribution in [3.63, 3.8) is 0 Å². The Morgan fingerprint density at radius 1 is 0.409 bits per heavy atom. The van der Waals surface area contributed by atoms with Gasteiger partial charge in [-0.3, -0.25) is 0 Å². The van der Waals surface area contributed by atoms with Crippen molar-refractivity contribution >= 4 is 11.9 Å². The van der Waals surface area contributed by atoms with Crippen molar-refractivity contribution in [1.29, 1.82) is 0 Å². The second-order valence-electron chi connectivity index (χ2n) is 13.2. The zero-order valence-corrected chi connectivity index (χ0v) is 29.6. The summed E-state index contributed by atoms with van der Waals surface area (Å²) in [6.07, 6.45) is 40.7. The maximum absolute atomic E-state index is 12.2. The summed E-state index contributed by atoms with van der Waals surface area (Å²) >= 11 is 0. The highest BCUT2D eigenvalue weighted by Crippen LogP contribution is 2.30. The van der Waals surface area contributed by atoms with E-state index in [4.69, 9.17) is 9.47 Å². The van der Waals surface area contributed by atoms with Gasteiger partial charge in [0.1, 0.15) is 0 Å². The number of unbranched alkanes of at least 4 members (excludes halogenated alkanes) is 27. The lowest BCUT2D eigenvalue weighted by molar-refractivity contribution is -0.228. The first-order valence-corrected chi connectivity index (χ1v) is 19.2. The lowest BCUT2D eigenvalue weighted by atomic mass is 9.98. The summed E-state index contributed by atoms with van der Waals surface area (Å²) < 4.78 is 11.5. The zero-order chi connectivity index (χ0) is 32.4. The third kappa shape index (κ3) is 27.9. The molecular formula is C40H74O4. The number of carbonyl (C=O) groups excluding carboxylic acids is 2. The first kappa shape index (κ1) is 42.4. The molecule has 4 heteroatoms. The molecule has 4 nitrogen and oxygen atoms in total. The van der Waals surface area contributed by atoms with E-state index in [1.165, 1.54) is 148 Å². The minimum absolute atomic E-state index is 0.531. The predicted molar refractivity (Wildman–Crippen MR) is 190 cm³/mol. The van der Waals surface area contributed by atoms with Crippen LogP contribution in [0.2, 0.25) is 0 Å². The molecule has 0 saturated heterocycles. The number of rotatable bonds is 35. The molecule has 0 fully saturated rings. The largest absolute Gasteiger partial charge is 0.419 e. The maximum Gasteiger partial charge on any atom is 0.333 e. The number of ether oxygens (including phenoxy) is 2. The third-order valence-electron chi connectivity index (χ3n) is 8.98. The molecule has 0 amide bonds. The minimum atomic E-state index is -1.22. The highest BCUT2D eigenvalue weighted by atomic mass is 16.7. The molecule has 258 valence electrons. The van der Waals surface area contributed by atoms with Crippen molar-refractivity contribution < 1.29 is 19.1 Å². The van der Waals surface area contributed by atoms with Gasteiger partial charge in [-0.05, 0) is 12.8 Å². The number of hydrogen-bond donors (Lipinski definition) is 0. The molecule has 0 heterocycles. The van der Waals surface area contributed by atoms with Gasteiger partial charge in [-0.1, -0.05) is 200 Å². The first-order chi connectivity index (χ1) is 21.5. The third-order valence-corrected chi connectivity index (χ3v) is 8.98. The molecule has 0 radical (unpaired) electrons. The molecule has 0 N–H and O–H groups in total. The monoisotopic (exact) mass is 619 g/mol. The van der Waals surface area contributed by atoms with Gasteiger partial charge in [0.2, 0.25) is 0 Å². The van der Waals surface area contributed by atoms with Gasteiger partial charge >= 0.3 is 11.9 Å². The Bertz CT molecular complexity index is 648.